The minimum Gasteiger partial charge on any atom is -0.436 e. The Labute approximate surface area is 256 Å². The summed E-state index contributed by atoms with van der Waals surface area (Å²) in [6.07, 6.45) is 0. The van der Waals surface area contributed by atoms with E-state index >= 15 is 0 Å². The van der Waals surface area contributed by atoms with E-state index in [2.05, 4.69) is 15.6 Å². The van der Waals surface area contributed by atoms with Gasteiger partial charge >= 0.3 is 0 Å². The van der Waals surface area contributed by atoms with Gasteiger partial charge in [-0.05, 0) is 78.4 Å². The van der Waals surface area contributed by atoms with Crippen molar-refractivity contribution in [1.82, 2.24) is 4.98 Å². The molecule has 1 atom stereocenters. The van der Waals surface area contributed by atoms with E-state index in [1.807, 2.05) is 91.0 Å². The fraction of sp³-hybridized carbons (Fsp3) is 0.0294. The molecule has 10 heteroatoms. The summed E-state index contributed by atoms with van der Waals surface area (Å²) in [5.74, 6) is -0.0653. The van der Waals surface area contributed by atoms with Gasteiger partial charge in [0.15, 0.2) is 5.58 Å². The van der Waals surface area contributed by atoms with Gasteiger partial charge in [-0.15, -0.1) is 11.8 Å². The molecule has 0 saturated carbocycles. The number of non-ortho nitro benzene ring substituents is 1. The lowest BCUT2D eigenvalue weighted by molar-refractivity contribution is -0.384. The minimum atomic E-state index is -0.548. The number of amides is 2. The molecule has 5 aromatic carbocycles. The number of carbonyl (C=O) groups is 2. The normalized spacial score (nSPS) is 11.5. The number of nitrogens with one attached hydrogen (secondary N) is 2. The van der Waals surface area contributed by atoms with Crippen molar-refractivity contribution in [2.75, 3.05) is 10.6 Å². The number of oxazole rings is 1. The zero-order chi connectivity index (χ0) is 30.5. The zero-order valence-electron chi connectivity index (χ0n) is 23.0. The highest BCUT2D eigenvalue weighted by Gasteiger charge is 2.22. The first kappa shape index (κ1) is 28.4. The summed E-state index contributed by atoms with van der Waals surface area (Å²) in [7, 11) is 0. The van der Waals surface area contributed by atoms with Crippen molar-refractivity contribution >= 4 is 51.7 Å². The predicted octanol–water partition coefficient (Wildman–Crippen LogP) is 8.13. The fourth-order valence-corrected chi connectivity index (χ4v) is 5.52. The van der Waals surface area contributed by atoms with Gasteiger partial charge in [-0.25, -0.2) is 4.98 Å². The zero-order valence-corrected chi connectivity index (χ0v) is 23.9. The quantitative estimate of drug-likeness (QED) is 0.0974. The number of nitrogens with zero attached hydrogens (tertiary/aromatic N) is 2. The van der Waals surface area contributed by atoms with Crippen molar-refractivity contribution in [2.24, 2.45) is 0 Å². The number of benzene rings is 5. The Hall–Kier alpha value is -5.74. The molecule has 6 rings (SSSR count). The third kappa shape index (κ3) is 6.50. The number of fused-ring (bicyclic) bond motifs is 1. The van der Waals surface area contributed by atoms with Gasteiger partial charge in [-0.1, -0.05) is 42.5 Å². The lowest BCUT2D eigenvalue weighted by Gasteiger charge is -2.17. The molecular weight excluding hydrogens is 576 g/mol. The first-order valence-corrected chi connectivity index (χ1v) is 14.5. The Morgan fingerprint density at radius 2 is 1.39 bits per heavy atom. The molecule has 2 amide bonds. The van der Waals surface area contributed by atoms with Crippen LogP contribution in [-0.4, -0.2) is 21.7 Å². The summed E-state index contributed by atoms with van der Waals surface area (Å²) in [4.78, 5) is 41.9. The van der Waals surface area contributed by atoms with Crippen LogP contribution in [0, 0.1) is 10.1 Å². The van der Waals surface area contributed by atoms with Gasteiger partial charge in [0.25, 0.3) is 11.6 Å². The Morgan fingerprint density at radius 1 is 0.750 bits per heavy atom. The number of nitro benzene ring substituents is 1. The van der Waals surface area contributed by atoms with Crippen molar-refractivity contribution in [2.45, 2.75) is 10.1 Å². The minimum absolute atomic E-state index is 0.0862. The molecular formula is C34H24N4O5S. The summed E-state index contributed by atoms with van der Waals surface area (Å²) < 4.78 is 5.85. The lowest BCUT2D eigenvalue weighted by Crippen LogP contribution is -2.19. The Kier molecular flexibility index (Phi) is 8.15. The summed E-state index contributed by atoms with van der Waals surface area (Å²) in [5.41, 5.74) is 4.54. The number of aromatic nitrogens is 1. The maximum absolute atomic E-state index is 13.6. The second kappa shape index (κ2) is 12.6. The fourth-order valence-electron chi connectivity index (χ4n) is 4.49. The van der Waals surface area contributed by atoms with Gasteiger partial charge in [0.05, 0.1) is 4.92 Å². The van der Waals surface area contributed by atoms with Crippen LogP contribution in [0.2, 0.25) is 0 Å². The van der Waals surface area contributed by atoms with Crippen LogP contribution in [0.3, 0.4) is 0 Å². The van der Waals surface area contributed by atoms with E-state index in [0.717, 1.165) is 21.5 Å². The van der Waals surface area contributed by atoms with Gasteiger partial charge in [-0.3, -0.25) is 19.7 Å². The summed E-state index contributed by atoms with van der Waals surface area (Å²) in [6, 6.07) is 36.9. The van der Waals surface area contributed by atoms with Crippen molar-refractivity contribution in [3.05, 3.63) is 149 Å². The number of carbonyl (C=O) groups excluding carboxylic acids is 2. The van der Waals surface area contributed by atoms with E-state index in [9.17, 15) is 19.7 Å². The van der Waals surface area contributed by atoms with E-state index in [-0.39, 0.29) is 17.5 Å². The van der Waals surface area contributed by atoms with Crippen LogP contribution in [0.25, 0.3) is 22.6 Å². The van der Waals surface area contributed by atoms with Crippen LogP contribution >= 0.6 is 11.8 Å². The molecule has 0 aliphatic carbocycles. The Morgan fingerprint density at radius 3 is 2.07 bits per heavy atom. The van der Waals surface area contributed by atoms with Crippen molar-refractivity contribution < 1.29 is 18.9 Å². The molecule has 44 heavy (non-hydrogen) atoms. The molecule has 6 aromatic rings. The standard InChI is InChI=1S/C34H24N4O5S/c39-32(23-12-18-27(19-13-23)38(41)42)35-26-16-20-28(21-17-26)44-31(22-6-2-1-3-7-22)33(40)36-25-14-10-24(11-15-25)34-37-29-8-4-5-9-30(29)43-34/h1-21,31H,(H,35,39)(H,36,40). The lowest BCUT2D eigenvalue weighted by atomic mass is 10.1. The Balaban J connectivity index is 1.14. The number of rotatable bonds is 9. The third-order valence-corrected chi connectivity index (χ3v) is 8.01. The first-order chi connectivity index (χ1) is 21.4. The molecule has 1 heterocycles. The van der Waals surface area contributed by atoms with Gasteiger partial charge in [0, 0.05) is 39.5 Å². The van der Waals surface area contributed by atoms with Crippen LogP contribution in [0.15, 0.2) is 137 Å². The van der Waals surface area contributed by atoms with Crippen LogP contribution in [0.1, 0.15) is 21.2 Å². The molecule has 216 valence electrons. The summed E-state index contributed by atoms with van der Waals surface area (Å²) in [5, 5.41) is 16.1. The average molecular weight is 601 g/mol. The van der Waals surface area contributed by atoms with Gasteiger partial charge in [0.1, 0.15) is 10.8 Å². The summed E-state index contributed by atoms with van der Waals surface area (Å²) >= 11 is 1.39. The van der Waals surface area contributed by atoms with Gasteiger partial charge in [0.2, 0.25) is 11.8 Å². The molecule has 9 nitrogen and oxygen atoms in total. The maximum Gasteiger partial charge on any atom is 0.269 e. The number of anilines is 2. The number of thioether (sulfide) groups is 1. The van der Waals surface area contributed by atoms with Gasteiger partial charge < -0.3 is 15.1 Å². The first-order valence-electron chi connectivity index (χ1n) is 13.6. The molecule has 0 saturated heterocycles. The summed E-state index contributed by atoms with van der Waals surface area (Å²) in [6.45, 7) is 0. The molecule has 2 N–H and O–H groups in total. The number of para-hydroxylation sites is 2. The van der Waals surface area contributed by atoms with E-state index in [1.54, 1.807) is 12.1 Å². The SMILES string of the molecule is O=C(Nc1ccc(SC(C(=O)Nc2ccc(-c3nc4ccccc4o3)cc2)c2ccccc2)cc1)c1ccc([N+](=O)[O-])cc1. The number of nitro groups is 1. The van der Waals surface area contributed by atoms with Crippen LogP contribution in [0.5, 0.6) is 0 Å². The largest absolute Gasteiger partial charge is 0.436 e. The maximum atomic E-state index is 13.6. The molecule has 0 radical (unpaired) electrons. The van der Waals surface area contributed by atoms with Crippen LogP contribution in [0.4, 0.5) is 17.1 Å². The van der Waals surface area contributed by atoms with Crippen molar-refractivity contribution in [3.8, 4) is 11.5 Å². The highest BCUT2D eigenvalue weighted by molar-refractivity contribution is 8.00. The smallest absolute Gasteiger partial charge is 0.269 e. The highest BCUT2D eigenvalue weighted by atomic mass is 32.2. The molecule has 1 unspecified atom stereocenters. The van der Waals surface area contributed by atoms with Gasteiger partial charge in [-0.2, -0.15) is 0 Å². The molecule has 0 bridgehead atoms. The number of hydrogen-bond donors (Lipinski definition) is 2. The molecule has 1 aromatic heterocycles. The number of hydrogen-bond acceptors (Lipinski definition) is 7. The third-order valence-electron chi connectivity index (χ3n) is 6.74. The average Bonchev–Trinajstić information content (AvgIpc) is 3.49. The van der Waals surface area contributed by atoms with Crippen LogP contribution < -0.4 is 10.6 Å². The predicted molar refractivity (Wildman–Crippen MR) is 171 cm³/mol. The molecule has 0 aliphatic heterocycles. The monoisotopic (exact) mass is 600 g/mol. The molecule has 0 aliphatic rings. The molecule has 0 spiro atoms. The van der Waals surface area contributed by atoms with E-state index < -0.39 is 10.2 Å². The van der Waals surface area contributed by atoms with E-state index in [0.29, 0.717) is 28.4 Å². The van der Waals surface area contributed by atoms with Crippen molar-refractivity contribution in [3.63, 3.8) is 0 Å². The topological polar surface area (TPSA) is 127 Å². The molecule has 0 fully saturated rings. The van der Waals surface area contributed by atoms with Crippen molar-refractivity contribution in [1.29, 1.82) is 0 Å². The van der Waals surface area contributed by atoms with E-state index in [1.165, 1.54) is 36.0 Å². The highest BCUT2D eigenvalue weighted by Crippen LogP contribution is 2.37. The van der Waals surface area contributed by atoms with E-state index in [4.69, 9.17) is 4.42 Å². The van der Waals surface area contributed by atoms with Crippen LogP contribution in [-0.2, 0) is 4.79 Å². The Bertz CT molecular complexity index is 1910. The second-order valence-electron chi connectivity index (χ2n) is 9.74. The second-order valence-corrected chi connectivity index (χ2v) is 10.9.